The summed E-state index contributed by atoms with van der Waals surface area (Å²) in [7, 11) is 0. The Hall–Kier alpha value is -2.87. The Morgan fingerprint density at radius 3 is 2.52 bits per heavy atom. The maximum Gasteiger partial charge on any atom is 0.287 e. The Balaban J connectivity index is 1.47. The summed E-state index contributed by atoms with van der Waals surface area (Å²) in [6.45, 7) is 3.16. The highest BCUT2D eigenvalue weighted by molar-refractivity contribution is 9.10. The zero-order valence-electron chi connectivity index (χ0n) is 14.6. The van der Waals surface area contributed by atoms with Crippen molar-refractivity contribution in [2.24, 2.45) is 0 Å². The van der Waals surface area contributed by atoms with Crippen LogP contribution in [-0.2, 0) is 0 Å². The molecule has 0 aliphatic rings. The predicted octanol–water partition coefficient (Wildman–Crippen LogP) is 3.71. The van der Waals surface area contributed by atoms with Gasteiger partial charge >= 0.3 is 0 Å². The molecule has 0 saturated carbocycles. The number of carbonyl (C=O) groups is 1. The number of nitrogens with zero attached hydrogens (tertiary/aromatic N) is 2. The second-order valence-corrected chi connectivity index (χ2v) is 6.20. The molecule has 1 N–H and O–H groups in total. The Morgan fingerprint density at radius 2 is 1.89 bits per heavy atom. The Labute approximate surface area is 164 Å². The molecule has 8 heteroatoms. The fourth-order valence-corrected chi connectivity index (χ4v) is 2.59. The van der Waals surface area contributed by atoms with Gasteiger partial charge in [0.15, 0.2) is 10.4 Å². The van der Waals surface area contributed by atoms with Crippen molar-refractivity contribution in [2.75, 3.05) is 19.8 Å². The fourth-order valence-electron chi connectivity index (χ4n) is 2.28. The standard InChI is InChI=1S/C19H18BrN3O4/c1-2-25-14-5-3-13(4-6-14)15-7-10-18(23-22-15)26-12-11-21-19(24)16-8-9-17(20)27-16/h3-10H,2,11-12H2,1H3,(H,21,24). The van der Waals surface area contributed by atoms with Gasteiger partial charge in [-0.15, -0.1) is 10.2 Å². The van der Waals surface area contributed by atoms with Gasteiger partial charge in [-0.2, -0.15) is 0 Å². The molecule has 0 spiro atoms. The molecule has 3 aromatic rings. The van der Waals surface area contributed by atoms with Gasteiger partial charge in [-0.1, -0.05) is 0 Å². The van der Waals surface area contributed by atoms with Crippen LogP contribution < -0.4 is 14.8 Å². The molecule has 0 bridgehead atoms. The van der Waals surface area contributed by atoms with Gasteiger partial charge in [0.25, 0.3) is 5.91 Å². The minimum atomic E-state index is -0.304. The van der Waals surface area contributed by atoms with Crippen LogP contribution in [0.25, 0.3) is 11.3 Å². The first-order chi connectivity index (χ1) is 13.2. The number of halogens is 1. The molecular formula is C19H18BrN3O4. The highest BCUT2D eigenvalue weighted by atomic mass is 79.9. The number of rotatable bonds is 8. The number of amides is 1. The summed E-state index contributed by atoms with van der Waals surface area (Å²) in [6.07, 6.45) is 0. The van der Waals surface area contributed by atoms with E-state index in [-0.39, 0.29) is 18.3 Å². The number of benzene rings is 1. The lowest BCUT2D eigenvalue weighted by Crippen LogP contribution is -2.27. The van der Waals surface area contributed by atoms with Crippen LogP contribution in [0.5, 0.6) is 11.6 Å². The van der Waals surface area contributed by atoms with Crippen molar-refractivity contribution in [3.8, 4) is 22.9 Å². The summed E-state index contributed by atoms with van der Waals surface area (Å²) in [6, 6.07) is 14.5. The van der Waals surface area contributed by atoms with Crippen LogP contribution in [0.4, 0.5) is 0 Å². The minimum Gasteiger partial charge on any atom is -0.494 e. The summed E-state index contributed by atoms with van der Waals surface area (Å²) in [4.78, 5) is 11.8. The number of aromatic nitrogens is 2. The molecule has 27 heavy (non-hydrogen) atoms. The van der Waals surface area contributed by atoms with E-state index < -0.39 is 0 Å². The van der Waals surface area contributed by atoms with Gasteiger partial charge in [-0.25, -0.2) is 0 Å². The molecule has 0 saturated heterocycles. The molecule has 3 rings (SSSR count). The van der Waals surface area contributed by atoms with E-state index in [1.165, 1.54) is 0 Å². The maximum atomic E-state index is 11.8. The molecule has 7 nitrogen and oxygen atoms in total. The Bertz CT molecular complexity index is 879. The first-order valence-electron chi connectivity index (χ1n) is 8.39. The maximum absolute atomic E-state index is 11.8. The summed E-state index contributed by atoms with van der Waals surface area (Å²) >= 11 is 3.15. The lowest BCUT2D eigenvalue weighted by atomic mass is 10.1. The van der Waals surface area contributed by atoms with Crippen molar-refractivity contribution >= 4 is 21.8 Å². The SMILES string of the molecule is CCOc1ccc(-c2ccc(OCCNC(=O)c3ccc(Br)o3)nn2)cc1. The molecule has 0 unspecified atom stereocenters. The zero-order valence-corrected chi connectivity index (χ0v) is 16.2. The van der Waals surface area contributed by atoms with E-state index in [9.17, 15) is 4.79 Å². The molecule has 2 heterocycles. The van der Waals surface area contributed by atoms with Crippen LogP contribution in [0.3, 0.4) is 0 Å². The van der Waals surface area contributed by atoms with Crippen LogP contribution in [0.2, 0.25) is 0 Å². The summed E-state index contributed by atoms with van der Waals surface area (Å²) < 4.78 is 16.6. The number of ether oxygens (including phenoxy) is 2. The molecule has 0 aliphatic heterocycles. The largest absolute Gasteiger partial charge is 0.494 e. The van der Waals surface area contributed by atoms with Crippen LogP contribution in [0.1, 0.15) is 17.5 Å². The molecular weight excluding hydrogens is 414 g/mol. The summed E-state index contributed by atoms with van der Waals surface area (Å²) in [5.41, 5.74) is 1.68. The molecule has 2 aromatic heterocycles. The molecule has 0 radical (unpaired) electrons. The Morgan fingerprint density at radius 1 is 1.07 bits per heavy atom. The van der Waals surface area contributed by atoms with Gasteiger partial charge in [-0.3, -0.25) is 4.79 Å². The quantitative estimate of drug-likeness (QED) is 0.547. The van der Waals surface area contributed by atoms with E-state index >= 15 is 0 Å². The smallest absolute Gasteiger partial charge is 0.287 e. The van der Waals surface area contributed by atoms with Crippen LogP contribution in [0, 0.1) is 0 Å². The first-order valence-corrected chi connectivity index (χ1v) is 9.18. The third kappa shape index (κ3) is 5.30. The number of carbonyl (C=O) groups excluding carboxylic acids is 1. The number of hydrogen-bond acceptors (Lipinski definition) is 6. The topological polar surface area (TPSA) is 86.5 Å². The van der Waals surface area contributed by atoms with Gasteiger partial charge < -0.3 is 19.2 Å². The van der Waals surface area contributed by atoms with Crippen LogP contribution in [-0.4, -0.2) is 35.9 Å². The highest BCUT2D eigenvalue weighted by Gasteiger charge is 2.09. The van der Waals surface area contributed by atoms with E-state index in [1.807, 2.05) is 37.3 Å². The molecule has 0 atom stereocenters. The van der Waals surface area contributed by atoms with Crippen molar-refractivity contribution in [3.63, 3.8) is 0 Å². The van der Waals surface area contributed by atoms with Gasteiger partial charge in [0.05, 0.1) is 18.8 Å². The van der Waals surface area contributed by atoms with Gasteiger partial charge in [0.2, 0.25) is 5.88 Å². The van der Waals surface area contributed by atoms with Crippen molar-refractivity contribution in [1.82, 2.24) is 15.5 Å². The van der Waals surface area contributed by atoms with E-state index in [2.05, 4.69) is 31.4 Å². The number of furan rings is 1. The molecule has 1 aromatic carbocycles. The zero-order chi connectivity index (χ0) is 19.1. The second kappa shape index (κ2) is 9.18. The molecule has 0 fully saturated rings. The monoisotopic (exact) mass is 431 g/mol. The first kappa shape index (κ1) is 18.9. The van der Waals surface area contributed by atoms with Gasteiger partial charge in [-0.05, 0) is 65.3 Å². The van der Waals surface area contributed by atoms with Crippen LogP contribution in [0.15, 0.2) is 57.6 Å². The molecule has 1 amide bonds. The second-order valence-electron chi connectivity index (χ2n) is 5.42. The van der Waals surface area contributed by atoms with E-state index in [4.69, 9.17) is 13.9 Å². The molecule has 0 aliphatic carbocycles. The minimum absolute atomic E-state index is 0.237. The Kier molecular flexibility index (Phi) is 6.43. The van der Waals surface area contributed by atoms with Crippen molar-refractivity contribution in [1.29, 1.82) is 0 Å². The average molecular weight is 432 g/mol. The third-order valence-corrected chi connectivity index (χ3v) is 3.96. The van der Waals surface area contributed by atoms with Gasteiger partial charge in [0, 0.05) is 11.6 Å². The summed E-state index contributed by atoms with van der Waals surface area (Å²) in [5, 5.41) is 10.9. The molecule has 140 valence electrons. The average Bonchev–Trinajstić information content (AvgIpc) is 3.13. The van der Waals surface area contributed by atoms with E-state index in [1.54, 1.807) is 18.2 Å². The fraction of sp³-hybridized carbons (Fsp3) is 0.211. The summed E-state index contributed by atoms with van der Waals surface area (Å²) in [5.74, 6) is 1.14. The number of nitrogens with one attached hydrogen (secondary N) is 1. The van der Waals surface area contributed by atoms with E-state index in [0.717, 1.165) is 17.0 Å². The van der Waals surface area contributed by atoms with Crippen molar-refractivity contribution < 1.29 is 18.7 Å². The van der Waals surface area contributed by atoms with Gasteiger partial charge in [0.1, 0.15) is 12.4 Å². The third-order valence-electron chi connectivity index (χ3n) is 3.54. The number of hydrogen-bond donors (Lipinski definition) is 1. The van der Waals surface area contributed by atoms with Crippen molar-refractivity contribution in [2.45, 2.75) is 6.92 Å². The lowest BCUT2D eigenvalue weighted by molar-refractivity contribution is 0.0917. The predicted molar refractivity (Wildman–Crippen MR) is 103 cm³/mol. The van der Waals surface area contributed by atoms with Crippen molar-refractivity contribution in [3.05, 3.63) is 59.0 Å². The lowest BCUT2D eigenvalue weighted by Gasteiger charge is -2.07. The highest BCUT2D eigenvalue weighted by Crippen LogP contribution is 2.21. The van der Waals surface area contributed by atoms with E-state index in [0.29, 0.717) is 23.7 Å². The normalized spacial score (nSPS) is 10.4. The van der Waals surface area contributed by atoms with Crippen LogP contribution >= 0.6 is 15.9 Å².